The van der Waals surface area contributed by atoms with Crippen LogP contribution in [0, 0.1) is 11.8 Å². The Morgan fingerprint density at radius 2 is 1.77 bits per heavy atom. The number of ketones is 1. The SMILES string of the molecule is O=C1CN(S(=O)(=O)C(=O)c2ccccn2)C2CCN(C(=O)C(CC(=O)N3CCOCC3)CC3CCCCC3)C12. The third kappa shape index (κ3) is 5.78. The van der Waals surface area contributed by atoms with Gasteiger partial charge >= 0.3 is 5.12 Å². The van der Waals surface area contributed by atoms with E-state index in [4.69, 9.17) is 4.74 Å². The summed E-state index contributed by atoms with van der Waals surface area (Å²) in [6.45, 7) is 1.68. The molecule has 0 aromatic carbocycles. The maximum atomic E-state index is 14.0. The Bertz CT molecular complexity index is 1200. The molecule has 4 fully saturated rings. The minimum Gasteiger partial charge on any atom is -0.378 e. The summed E-state index contributed by atoms with van der Waals surface area (Å²) in [6, 6.07) is 2.67. The highest BCUT2D eigenvalue weighted by atomic mass is 32.2. The lowest BCUT2D eigenvalue weighted by Gasteiger charge is -2.33. The number of morpholine rings is 1. The Kier molecular flexibility index (Phi) is 8.43. The molecule has 3 aliphatic heterocycles. The number of hydrogen-bond donors (Lipinski definition) is 0. The van der Waals surface area contributed by atoms with Crippen LogP contribution in [0.1, 0.15) is 61.9 Å². The summed E-state index contributed by atoms with van der Waals surface area (Å²) in [7, 11) is -4.50. The van der Waals surface area contributed by atoms with Gasteiger partial charge in [0.15, 0.2) is 5.78 Å². The molecule has 212 valence electrons. The van der Waals surface area contributed by atoms with Crippen molar-refractivity contribution in [2.24, 2.45) is 11.8 Å². The highest BCUT2D eigenvalue weighted by Crippen LogP contribution is 2.36. The molecule has 0 radical (unpaired) electrons. The minimum absolute atomic E-state index is 0.0670. The average Bonchev–Trinajstić information content (AvgIpc) is 3.54. The van der Waals surface area contributed by atoms with Crippen molar-refractivity contribution in [1.29, 1.82) is 0 Å². The molecule has 5 rings (SSSR count). The fourth-order valence-electron chi connectivity index (χ4n) is 6.55. The standard InChI is InChI=1S/C27H36N4O7S/c32-23-18-31(39(36,37)27(35)21-8-4-5-10-28-21)22-9-11-30(25(22)23)26(34)20(16-19-6-2-1-3-7-19)17-24(33)29-12-14-38-15-13-29/h4-5,8,10,19-20,22,25H,1-3,6-7,9,11-18H2. The summed E-state index contributed by atoms with van der Waals surface area (Å²) in [5.41, 5.74) is -0.214. The van der Waals surface area contributed by atoms with Gasteiger partial charge in [-0.2, -0.15) is 4.31 Å². The van der Waals surface area contributed by atoms with Crippen molar-refractivity contribution in [3.05, 3.63) is 30.1 Å². The van der Waals surface area contributed by atoms with Crippen LogP contribution in [0.4, 0.5) is 0 Å². The monoisotopic (exact) mass is 560 g/mol. The Balaban J connectivity index is 1.33. The predicted octanol–water partition coefficient (Wildman–Crippen LogP) is 1.24. The molecule has 3 unspecified atom stereocenters. The molecule has 0 N–H and O–H groups in total. The third-order valence-corrected chi connectivity index (χ3v) is 10.2. The van der Waals surface area contributed by atoms with E-state index in [1.165, 1.54) is 29.7 Å². The number of carbonyl (C=O) groups is 4. The number of fused-ring (bicyclic) bond motifs is 1. The Morgan fingerprint density at radius 1 is 1.03 bits per heavy atom. The van der Waals surface area contributed by atoms with Crippen molar-refractivity contribution >= 4 is 32.7 Å². The Labute approximate surface area is 228 Å². The average molecular weight is 561 g/mol. The molecule has 3 atom stereocenters. The molecule has 1 saturated carbocycles. The fourth-order valence-corrected chi connectivity index (χ4v) is 8.02. The first kappa shape index (κ1) is 27.9. The number of carbonyl (C=O) groups excluding carboxylic acids is 4. The number of rotatable bonds is 7. The maximum absolute atomic E-state index is 14.0. The number of Topliss-reactive ketones (excluding diaryl/α,β-unsaturated/α-hetero) is 1. The second kappa shape index (κ2) is 11.8. The molecule has 1 aromatic rings. The van der Waals surface area contributed by atoms with Gasteiger partial charge in [0, 0.05) is 38.2 Å². The molecule has 11 nitrogen and oxygen atoms in total. The molecule has 1 aliphatic carbocycles. The zero-order valence-corrected chi connectivity index (χ0v) is 22.9. The number of sulfonamides is 1. The summed E-state index contributed by atoms with van der Waals surface area (Å²) >= 11 is 0. The maximum Gasteiger partial charge on any atom is 0.310 e. The number of pyridine rings is 1. The number of hydrogen-bond acceptors (Lipinski definition) is 8. The summed E-state index contributed by atoms with van der Waals surface area (Å²) in [5.74, 6) is -0.991. The molecule has 3 saturated heterocycles. The zero-order chi connectivity index (χ0) is 27.6. The normalized spacial score (nSPS) is 25.5. The van der Waals surface area contributed by atoms with E-state index < -0.39 is 45.5 Å². The number of ether oxygens (including phenoxy) is 1. The van der Waals surface area contributed by atoms with E-state index in [0.717, 1.165) is 30.0 Å². The number of aromatic nitrogens is 1. The molecule has 4 heterocycles. The fraction of sp³-hybridized carbons (Fsp3) is 0.667. The van der Waals surface area contributed by atoms with Crippen LogP contribution in [0.15, 0.2) is 24.4 Å². The lowest BCUT2D eigenvalue weighted by molar-refractivity contribution is -0.145. The smallest absolute Gasteiger partial charge is 0.310 e. The van der Waals surface area contributed by atoms with Crippen LogP contribution in [-0.4, -0.2) is 102 Å². The van der Waals surface area contributed by atoms with E-state index in [1.54, 1.807) is 11.0 Å². The van der Waals surface area contributed by atoms with Gasteiger partial charge in [-0.15, -0.1) is 0 Å². The van der Waals surface area contributed by atoms with Crippen molar-refractivity contribution in [3.63, 3.8) is 0 Å². The van der Waals surface area contributed by atoms with E-state index in [0.29, 0.717) is 38.6 Å². The minimum atomic E-state index is -4.50. The van der Waals surface area contributed by atoms with Gasteiger partial charge in [-0.3, -0.25) is 24.2 Å². The second-order valence-corrected chi connectivity index (χ2v) is 12.8. The van der Waals surface area contributed by atoms with Crippen LogP contribution in [0.2, 0.25) is 0 Å². The van der Waals surface area contributed by atoms with Gasteiger partial charge < -0.3 is 14.5 Å². The Morgan fingerprint density at radius 3 is 2.46 bits per heavy atom. The lowest BCUT2D eigenvalue weighted by Crippen LogP contribution is -2.48. The Hall–Kier alpha value is -2.70. The van der Waals surface area contributed by atoms with Crippen molar-refractivity contribution in [2.75, 3.05) is 39.4 Å². The number of nitrogens with zero attached hydrogens (tertiary/aromatic N) is 4. The van der Waals surface area contributed by atoms with Crippen LogP contribution >= 0.6 is 0 Å². The van der Waals surface area contributed by atoms with Gasteiger partial charge in [-0.1, -0.05) is 38.2 Å². The van der Waals surface area contributed by atoms with Gasteiger partial charge in [-0.05, 0) is 30.9 Å². The first-order valence-electron chi connectivity index (χ1n) is 13.9. The molecule has 12 heteroatoms. The van der Waals surface area contributed by atoms with Crippen LogP contribution in [0.3, 0.4) is 0 Å². The molecule has 0 bridgehead atoms. The largest absolute Gasteiger partial charge is 0.378 e. The number of amides is 2. The molecule has 2 amide bonds. The zero-order valence-electron chi connectivity index (χ0n) is 22.1. The van der Waals surface area contributed by atoms with Gasteiger partial charge in [0.25, 0.3) is 10.0 Å². The van der Waals surface area contributed by atoms with E-state index in [9.17, 15) is 27.6 Å². The van der Waals surface area contributed by atoms with Gasteiger partial charge in [0.05, 0.1) is 25.8 Å². The molecule has 0 spiro atoms. The number of likely N-dealkylation sites (tertiary alicyclic amines) is 1. The highest BCUT2D eigenvalue weighted by molar-refractivity contribution is 8.04. The van der Waals surface area contributed by atoms with Gasteiger partial charge in [-0.25, -0.2) is 8.42 Å². The van der Waals surface area contributed by atoms with Gasteiger partial charge in [0.1, 0.15) is 11.7 Å². The summed E-state index contributed by atoms with van der Waals surface area (Å²) in [4.78, 5) is 60.2. The van der Waals surface area contributed by atoms with Crippen molar-refractivity contribution in [3.8, 4) is 0 Å². The van der Waals surface area contributed by atoms with Crippen molar-refractivity contribution in [2.45, 2.75) is 63.5 Å². The van der Waals surface area contributed by atoms with Crippen LogP contribution in [0.25, 0.3) is 0 Å². The second-order valence-electron chi connectivity index (χ2n) is 11.0. The van der Waals surface area contributed by atoms with E-state index in [-0.39, 0.29) is 36.9 Å². The van der Waals surface area contributed by atoms with E-state index in [2.05, 4.69) is 4.98 Å². The first-order chi connectivity index (χ1) is 18.8. The van der Waals surface area contributed by atoms with Crippen molar-refractivity contribution in [1.82, 2.24) is 19.1 Å². The van der Waals surface area contributed by atoms with Crippen LogP contribution in [-0.2, 0) is 29.1 Å². The van der Waals surface area contributed by atoms with Gasteiger partial charge in [0.2, 0.25) is 11.8 Å². The highest BCUT2D eigenvalue weighted by Gasteiger charge is 2.55. The van der Waals surface area contributed by atoms with Crippen LogP contribution in [0.5, 0.6) is 0 Å². The molecule has 4 aliphatic rings. The topological polar surface area (TPSA) is 134 Å². The lowest BCUT2D eigenvalue weighted by atomic mass is 9.81. The predicted molar refractivity (Wildman–Crippen MR) is 140 cm³/mol. The van der Waals surface area contributed by atoms with Crippen LogP contribution < -0.4 is 0 Å². The van der Waals surface area contributed by atoms with E-state index >= 15 is 0 Å². The van der Waals surface area contributed by atoms with E-state index in [1.807, 2.05) is 0 Å². The molecular weight excluding hydrogens is 524 g/mol. The molecule has 39 heavy (non-hydrogen) atoms. The third-order valence-electron chi connectivity index (χ3n) is 8.55. The summed E-state index contributed by atoms with van der Waals surface area (Å²) < 4.78 is 32.8. The summed E-state index contributed by atoms with van der Waals surface area (Å²) in [5, 5.41) is -1.16. The first-order valence-corrected chi connectivity index (χ1v) is 15.4. The molecule has 1 aromatic heterocycles. The van der Waals surface area contributed by atoms with Crippen molar-refractivity contribution < 1.29 is 32.3 Å². The summed E-state index contributed by atoms with van der Waals surface area (Å²) in [6.07, 6.45) is 7.65. The quantitative estimate of drug-likeness (QED) is 0.486. The molecular formula is C27H36N4O7S.